The lowest BCUT2D eigenvalue weighted by Crippen LogP contribution is -2.29. The van der Waals surface area contributed by atoms with Crippen molar-refractivity contribution in [2.24, 2.45) is 0 Å². The van der Waals surface area contributed by atoms with Crippen LogP contribution in [0.1, 0.15) is 6.92 Å². The largest absolute Gasteiger partial charge is 0.480 e. The summed E-state index contributed by atoms with van der Waals surface area (Å²) in [6.07, 6.45) is 0. The number of benzene rings is 1. The fourth-order valence-corrected chi connectivity index (χ4v) is 1.42. The molecule has 0 fully saturated rings. The first kappa shape index (κ1) is 12.0. The lowest BCUT2D eigenvalue weighted by Gasteiger charge is -2.20. The Hall–Kier alpha value is -2.11. The zero-order valence-electron chi connectivity index (χ0n) is 8.79. The molecule has 0 radical (unpaired) electrons. The Kier molecular flexibility index (Phi) is 3.82. The van der Waals surface area contributed by atoms with Gasteiger partial charge in [-0.05, 0) is 13.0 Å². The lowest BCUT2D eigenvalue weighted by molar-refractivity contribution is -0.384. The molecule has 0 saturated carbocycles. The Morgan fingerprint density at radius 1 is 1.50 bits per heavy atom. The summed E-state index contributed by atoms with van der Waals surface area (Å²) in [5, 5.41) is 19.5. The molecule has 0 unspecified atom stereocenters. The van der Waals surface area contributed by atoms with Crippen LogP contribution in [0.3, 0.4) is 0 Å². The van der Waals surface area contributed by atoms with Crippen molar-refractivity contribution in [2.75, 3.05) is 18.0 Å². The molecule has 0 aromatic heterocycles. The van der Waals surface area contributed by atoms with Crippen LogP contribution in [0.25, 0.3) is 0 Å². The van der Waals surface area contributed by atoms with Gasteiger partial charge in [-0.15, -0.1) is 0 Å². The number of rotatable bonds is 5. The van der Waals surface area contributed by atoms with Crippen LogP contribution in [0.2, 0.25) is 0 Å². The first-order valence-electron chi connectivity index (χ1n) is 4.76. The number of nitrogens with zero attached hydrogens (tertiary/aromatic N) is 2. The molecule has 0 spiro atoms. The van der Waals surface area contributed by atoms with Crippen LogP contribution >= 0.6 is 0 Å². The van der Waals surface area contributed by atoms with Crippen LogP contribution in [0.4, 0.5) is 11.4 Å². The molecule has 0 amide bonds. The predicted molar refractivity (Wildman–Crippen MR) is 58.6 cm³/mol. The Bertz CT molecular complexity index is 406. The van der Waals surface area contributed by atoms with Crippen molar-refractivity contribution in [3.63, 3.8) is 0 Å². The van der Waals surface area contributed by atoms with Crippen molar-refractivity contribution in [1.29, 1.82) is 0 Å². The van der Waals surface area contributed by atoms with E-state index >= 15 is 0 Å². The maximum atomic E-state index is 10.8. The lowest BCUT2D eigenvalue weighted by atomic mass is 10.2. The standard InChI is InChI=1S/C10H12N2O4/c1-2-11(7-10(13)14)8-5-3-4-6-9(8)12(15)16/h3-6H,2,7H2,1H3,(H,13,14). The van der Waals surface area contributed by atoms with Gasteiger partial charge in [-0.25, -0.2) is 0 Å². The molecule has 1 aromatic rings. The number of likely N-dealkylation sites (N-methyl/N-ethyl adjacent to an activating group) is 1. The van der Waals surface area contributed by atoms with Gasteiger partial charge in [0.05, 0.1) is 4.92 Å². The molecular weight excluding hydrogens is 212 g/mol. The van der Waals surface area contributed by atoms with E-state index in [-0.39, 0.29) is 12.2 Å². The van der Waals surface area contributed by atoms with Crippen molar-refractivity contribution in [2.45, 2.75) is 6.92 Å². The summed E-state index contributed by atoms with van der Waals surface area (Å²) in [5.41, 5.74) is 0.253. The highest BCUT2D eigenvalue weighted by Gasteiger charge is 2.18. The number of para-hydroxylation sites is 2. The highest BCUT2D eigenvalue weighted by atomic mass is 16.6. The van der Waals surface area contributed by atoms with Crippen molar-refractivity contribution < 1.29 is 14.8 Å². The van der Waals surface area contributed by atoms with Crippen molar-refractivity contribution >= 4 is 17.3 Å². The van der Waals surface area contributed by atoms with Crippen LogP contribution in [0.15, 0.2) is 24.3 Å². The fraction of sp³-hybridized carbons (Fsp3) is 0.300. The minimum Gasteiger partial charge on any atom is -0.480 e. The molecular formula is C10H12N2O4. The van der Waals surface area contributed by atoms with E-state index in [1.807, 2.05) is 0 Å². The van der Waals surface area contributed by atoms with E-state index in [1.54, 1.807) is 25.1 Å². The fourth-order valence-electron chi connectivity index (χ4n) is 1.42. The Morgan fingerprint density at radius 2 is 2.12 bits per heavy atom. The van der Waals surface area contributed by atoms with E-state index < -0.39 is 10.9 Å². The number of aliphatic carboxylic acids is 1. The molecule has 0 atom stereocenters. The topological polar surface area (TPSA) is 83.7 Å². The van der Waals surface area contributed by atoms with E-state index in [0.29, 0.717) is 12.2 Å². The number of nitro groups is 1. The third kappa shape index (κ3) is 2.69. The molecule has 0 bridgehead atoms. The first-order valence-corrected chi connectivity index (χ1v) is 4.76. The van der Waals surface area contributed by atoms with E-state index in [1.165, 1.54) is 11.0 Å². The number of nitro benzene ring substituents is 1. The highest BCUT2D eigenvalue weighted by Crippen LogP contribution is 2.26. The molecule has 0 heterocycles. The van der Waals surface area contributed by atoms with Gasteiger partial charge in [0.2, 0.25) is 0 Å². The predicted octanol–water partition coefficient (Wildman–Crippen LogP) is 1.51. The molecule has 6 nitrogen and oxygen atoms in total. The zero-order valence-corrected chi connectivity index (χ0v) is 8.79. The average molecular weight is 224 g/mol. The SMILES string of the molecule is CCN(CC(=O)O)c1ccccc1[N+](=O)[O-]. The second kappa shape index (κ2) is 5.11. The molecule has 16 heavy (non-hydrogen) atoms. The molecule has 1 N–H and O–H groups in total. The van der Waals surface area contributed by atoms with Crippen LogP contribution < -0.4 is 4.90 Å². The van der Waals surface area contributed by atoms with Gasteiger partial charge in [-0.3, -0.25) is 14.9 Å². The van der Waals surface area contributed by atoms with Crippen molar-refractivity contribution in [3.8, 4) is 0 Å². The molecule has 0 aliphatic rings. The highest BCUT2D eigenvalue weighted by molar-refractivity contribution is 5.76. The molecule has 0 aliphatic heterocycles. The molecule has 0 aliphatic carbocycles. The normalized spacial score (nSPS) is 9.81. The van der Waals surface area contributed by atoms with Crippen LogP contribution in [0.5, 0.6) is 0 Å². The Labute approximate surface area is 92.3 Å². The molecule has 1 aromatic carbocycles. The van der Waals surface area contributed by atoms with E-state index in [4.69, 9.17) is 5.11 Å². The third-order valence-corrected chi connectivity index (χ3v) is 2.13. The molecule has 0 saturated heterocycles. The second-order valence-corrected chi connectivity index (χ2v) is 3.15. The first-order chi connectivity index (χ1) is 7.56. The number of anilines is 1. The minimum atomic E-state index is -1.01. The number of carboxylic acid groups (broad SMARTS) is 1. The van der Waals surface area contributed by atoms with Gasteiger partial charge >= 0.3 is 5.97 Å². The minimum absolute atomic E-state index is 0.0781. The van der Waals surface area contributed by atoms with Gasteiger partial charge in [0.15, 0.2) is 0 Å². The van der Waals surface area contributed by atoms with Gasteiger partial charge in [-0.1, -0.05) is 12.1 Å². The van der Waals surface area contributed by atoms with Crippen LogP contribution in [0, 0.1) is 10.1 Å². The smallest absolute Gasteiger partial charge is 0.323 e. The van der Waals surface area contributed by atoms with Crippen LogP contribution in [-0.4, -0.2) is 29.1 Å². The number of carboxylic acids is 1. The maximum Gasteiger partial charge on any atom is 0.323 e. The summed E-state index contributed by atoms with van der Waals surface area (Å²) < 4.78 is 0. The molecule has 1 rings (SSSR count). The quantitative estimate of drug-likeness (QED) is 0.605. The maximum absolute atomic E-state index is 10.8. The van der Waals surface area contributed by atoms with Gasteiger partial charge in [0.1, 0.15) is 12.2 Å². The van der Waals surface area contributed by atoms with Gasteiger partial charge in [0, 0.05) is 12.6 Å². The Morgan fingerprint density at radius 3 is 2.62 bits per heavy atom. The van der Waals surface area contributed by atoms with Gasteiger partial charge in [0.25, 0.3) is 5.69 Å². The summed E-state index contributed by atoms with van der Waals surface area (Å²) in [6.45, 7) is 1.90. The molecule has 86 valence electrons. The summed E-state index contributed by atoms with van der Waals surface area (Å²) >= 11 is 0. The molecule has 6 heteroatoms. The Balaban J connectivity index is 3.08. The number of hydrogen-bond acceptors (Lipinski definition) is 4. The van der Waals surface area contributed by atoms with E-state index in [9.17, 15) is 14.9 Å². The van der Waals surface area contributed by atoms with Crippen molar-refractivity contribution in [3.05, 3.63) is 34.4 Å². The van der Waals surface area contributed by atoms with E-state index in [0.717, 1.165) is 0 Å². The number of hydrogen-bond donors (Lipinski definition) is 1. The second-order valence-electron chi connectivity index (χ2n) is 3.15. The summed E-state index contributed by atoms with van der Waals surface area (Å²) in [5.74, 6) is -1.01. The summed E-state index contributed by atoms with van der Waals surface area (Å²) in [4.78, 5) is 22.3. The average Bonchev–Trinajstić information content (AvgIpc) is 2.25. The zero-order chi connectivity index (χ0) is 12.1. The van der Waals surface area contributed by atoms with Crippen molar-refractivity contribution in [1.82, 2.24) is 0 Å². The van der Waals surface area contributed by atoms with Gasteiger partial charge in [-0.2, -0.15) is 0 Å². The number of carbonyl (C=O) groups is 1. The monoisotopic (exact) mass is 224 g/mol. The van der Waals surface area contributed by atoms with E-state index in [2.05, 4.69) is 0 Å². The summed E-state index contributed by atoms with van der Waals surface area (Å²) in [6, 6.07) is 6.10. The summed E-state index contributed by atoms with van der Waals surface area (Å²) in [7, 11) is 0. The van der Waals surface area contributed by atoms with Crippen LogP contribution in [-0.2, 0) is 4.79 Å². The van der Waals surface area contributed by atoms with Gasteiger partial charge < -0.3 is 10.0 Å². The third-order valence-electron chi connectivity index (χ3n) is 2.13.